The number of hydrogen-bond acceptors (Lipinski definition) is 5. The molecule has 0 bridgehead atoms. The number of hydrogen-bond donors (Lipinski definition) is 2. The Hall–Kier alpha value is -2.58. The molecule has 2 heterocycles. The zero-order valence-corrected chi connectivity index (χ0v) is 14.3. The second-order valence-electron chi connectivity index (χ2n) is 5.39. The van der Waals surface area contributed by atoms with Crippen molar-refractivity contribution in [2.75, 3.05) is 6.61 Å². The predicted octanol–water partition coefficient (Wildman–Crippen LogP) is 2.64. The molecular weight excluding hydrogens is 343 g/mol. The Labute approximate surface area is 148 Å². The van der Waals surface area contributed by atoms with Crippen LogP contribution in [0, 0.1) is 5.82 Å². The molecule has 0 aliphatic carbocycles. The van der Waals surface area contributed by atoms with Crippen LogP contribution in [0.15, 0.2) is 41.8 Å². The van der Waals surface area contributed by atoms with E-state index in [1.54, 1.807) is 12.1 Å². The van der Waals surface area contributed by atoms with Gasteiger partial charge in [0.1, 0.15) is 5.82 Å². The SMILES string of the molecule is CC[C@H](CO)NC(=O)c1nc(-c2cccs2)n(-c2cccc(F)c2)n1. The quantitative estimate of drug-likeness (QED) is 0.708. The number of amides is 1. The van der Waals surface area contributed by atoms with Gasteiger partial charge in [-0.05, 0) is 36.1 Å². The van der Waals surface area contributed by atoms with Crippen LogP contribution in [0.2, 0.25) is 0 Å². The summed E-state index contributed by atoms with van der Waals surface area (Å²) in [5.74, 6) is -0.446. The molecule has 0 radical (unpaired) electrons. The second kappa shape index (κ2) is 7.54. The van der Waals surface area contributed by atoms with E-state index in [9.17, 15) is 14.3 Å². The van der Waals surface area contributed by atoms with Crippen LogP contribution in [-0.2, 0) is 0 Å². The number of rotatable bonds is 6. The number of aliphatic hydroxyl groups excluding tert-OH is 1. The van der Waals surface area contributed by atoms with Gasteiger partial charge in [0.05, 0.1) is 23.2 Å². The largest absolute Gasteiger partial charge is 0.394 e. The van der Waals surface area contributed by atoms with E-state index in [4.69, 9.17) is 0 Å². The van der Waals surface area contributed by atoms with E-state index in [2.05, 4.69) is 15.4 Å². The van der Waals surface area contributed by atoms with Crippen LogP contribution >= 0.6 is 11.3 Å². The molecule has 0 saturated heterocycles. The van der Waals surface area contributed by atoms with E-state index < -0.39 is 11.7 Å². The summed E-state index contributed by atoms with van der Waals surface area (Å²) in [6.45, 7) is 1.70. The number of aromatic nitrogens is 3. The molecule has 0 aliphatic heterocycles. The third-order valence-corrected chi connectivity index (χ3v) is 4.52. The number of carbonyl (C=O) groups excluding carboxylic acids is 1. The maximum atomic E-state index is 13.6. The Morgan fingerprint density at radius 3 is 2.88 bits per heavy atom. The van der Waals surface area contributed by atoms with Crippen LogP contribution < -0.4 is 5.32 Å². The Morgan fingerprint density at radius 2 is 2.24 bits per heavy atom. The summed E-state index contributed by atoms with van der Waals surface area (Å²) in [6.07, 6.45) is 0.588. The highest BCUT2D eigenvalue weighted by Gasteiger charge is 2.21. The van der Waals surface area contributed by atoms with Crippen LogP contribution in [0.3, 0.4) is 0 Å². The van der Waals surface area contributed by atoms with Crippen molar-refractivity contribution in [2.45, 2.75) is 19.4 Å². The van der Waals surface area contributed by atoms with E-state index in [0.29, 0.717) is 17.9 Å². The summed E-state index contributed by atoms with van der Waals surface area (Å²) < 4.78 is 15.0. The normalized spacial score (nSPS) is 12.1. The van der Waals surface area contributed by atoms with Gasteiger partial charge in [0, 0.05) is 0 Å². The van der Waals surface area contributed by atoms with Gasteiger partial charge in [0.15, 0.2) is 5.82 Å². The molecule has 3 aromatic rings. The number of nitrogens with one attached hydrogen (secondary N) is 1. The molecule has 1 atom stereocenters. The monoisotopic (exact) mass is 360 g/mol. The average molecular weight is 360 g/mol. The van der Waals surface area contributed by atoms with Crippen LogP contribution in [0.5, 0.6) is 0 Å². The smallest absolute Gasteiger partial charge is 0.291 e. The van der Waals surface area contributed by atoms with Gasteiger partial charge in [0.25, 0.3) is 5.91 Å². The third kappa shape index (κ3) is 3.75. The second-order valence-corrected chi connectivity index (χ2v) is 6.34. The Kier molecular flexibility index (Phi) is 5.20. The summed E-state index contributed by atoms with van der Waals surface area (Å²) in [6, 6.07) is 9.29. The van der Waals surface area contributed by atoms with E-state index in [1.807, 2.05) is 24.4 Å². The lowest BCUT2D eigenvalue weighted by Crippen LogP contribution is -2.37. The maximum Gasteiger partial charge on any atom is 0.291 e. The fourth-order valence-electron chi connectivity index (χ4n) is 2.29. The lowest BCUT2D eigenvalue weighted by Gasteiger charge is -2.11. The Bertz CT molecular complexity index is 859. The van der Waals surface area contributed by atoms with Crippen molar-refractivity contribution in [3.8, 4) is 16.4 Å². The summed E-state index contributed by atoms with van der Waals surface area (Å²) in [4.78, 5) is 17.5. The van der Waals surface area contributed by atoms with Crippen LogP contribution in [-0.4, -0.2) is 38.4 Å². The number of carbonyl (C=O) groups is 1. The van der Waals surface area contributed by atoms with Gasteiger partial charge in [-0.25, -0.2) is 14.1 Å². The van der Waals surface area contributed by atoms with Gasteiger partial charge in [-0.1, -0.05) is 19.1 Å². The van der Waals surface area contributed by atoms with Crippen molar-refractivity contribution in [2.24, 2.45) is 0 Å². The summed E-state index contributed by atoms with van der Waals surface area (Å²) in [5.41, 5.74) is 0.476. The highest BCUT2D eigenvalue weighted by Crippen LogP contribution is 2.25. The van der Waals surface area contributed by atoms with E-state index in [-0.39, 0.29) is 18.5 Å². The van der Waals surface area contributed by atoms with E-state index in [1.165, 1.54) is 28.2 Å². The topological polar surface area (TPSA) is 80.0 Å². The molecule has 0 spiro atoms. The third-order valence-electron chi connectivity index (χ3n) is 3.65. The summed E-state index contributed by atoms with van der Waals surface area (Å²) >= 11 is 1.45. The highest BCUT2D eigenvalue weighted by atomic mass is 32.1. The van der Waals surface area contributed by atoms with Gasteiger partial charge in [-0.3, -0.25) is 4.79 Å². The first-order valence-electron chi connectivity index (χ1n) is 7.81. The van der Waals surface area contributed by atoms with E-state index >= 15 is 0 Å². The number of aliphatic hydroxyl groups is 1. The first kappa shape index (κ1) is 17.2. The molecule has 0 fully saturated rings. The standard InChI is InChI=1S/C17H17FN4O2S/c1-2-12(10-23)19-17(24)15-20-16(14-7-4-8-25-14)22(21-15)13-6-3-5-11(18)9-13/h3-9,12,23H,2,10H2,1H3,(H,19,24)/t12-/m1/s1. The zero-order valence-electron chi connectivity index (χ0n) is 13.5. The van der Waals surface area contributed by atoms with Gasteiger partial charge in [-0.2, -0.15) is 0 Å². The number of benzene rings is 1. The number of thiophene rings is 1. The molecule has 2 N–H and O–H groups in total. The van der Waals surface area contributed by atoms with Gasteiger partial charge >= 0.3 is 0 Å². The first-order valence-corrected chi connectivity index (χ1v) is 8.69. The Balaban J connectivity index is 2.02. The lowest BCUT2D eigenvalue weighted by molar-refractivity contribution is 0.0904. The minimum absolute atomic E-state index is 0.0282. The zero-order chi connectivity index (χ0) is 17.8. The van der Waals surface area contributed by atoms with Crippen molar-refractivity contribution in [3.05, 3.63) is 53.4 Å². The molecule has 0 aliphatic rings. The van der Waals surface area contributed by atoms with Crippen LogP contribution in [0.4, 0.5) is 4.39 Å². The molecule has 1 aromatic carbocycles. The summed E-state index contributed by atoms with van der Waals surface area (Å²) in [5, 5.41) is 18.1. The predicted molar refractivity (Wildman–Crippen MR) is 93.3 cm³/mol. The van der Waals surface area contributed by atoms with Crippen molar-refractivity contribution in [3.63, 3.8) is 0 Å². The maximum absolute atomic E-state index is 13.6. The van der Waals surface area contributed by atoms with Gasteiger partial charge in [-0.15, -0.1) is 16.4 Å². The van der Waals surface area contributed by atoms with Gasteiger partial charge in [0.2, 0.25) is 5.82 Å². The molecule has 3 rings (SSSR count). The molecule has 8 heteroatoms. The average Bonchev–Trinajstić information content (AvgIpc) is 3.28. The molecule has 6 nitrogen and oxygen atoms in total. The van der Waals surface area contributed by atoms with E-state index in [0.717, 1.165) is 4.88 Å². The number of halogens is 1. The highest BCUT2D eigenvalue weighted by molar-refractivity contribution is 7.13. The fraction of sp³-hybridized carbons (Fsp3) is 0.235. The minimum Gasteiger partial charge on any atom is -0.394 e. The lowest BCUT2D eigenvalue weighted by atomic mass is 10.2. The minimum atomic E-state index is -0.478. The van der Waals surface area contributed by atoms with Crippen LogP contribution in [0.1, 0.15) is 24.0 Å². The molecule has 25 heavy (non-hydrogen) atoms. The Morgan fingerprint density at radius 1 is 1.40 bits per heavy atom. The summed E-state index contributed by atoms with van der Waals surface area (Å²) in [7, 11) is 0. The van der Waals surface area contributed by atoms with Crippen LogP contribution in [0.25, 0.3) is 16.4 Å². The molecular formula is C17H17FN4O2S. The molecule has 2 aromatic heterocycles. The van der Waals surface area contributed by atoms with Gasteiger partial charge < -0.3 is 10.4 Å². The first-order chi connectivity index (χ1) is 12.1. The molecule has 130 valence electrons. The molecule has 1 amide bonds. The molecule has 0 saturated carbocycles. The van der Waals surface area contributed by atoms with Crippen molar-refractivity contribution in [1.82, 2.24) is 20.1 Å². The molecule has 0 unspecified atom stereocenters. The van der Waals surface area contributed by atoms with Crippen molar-refractivity contribution in [1.29, 1.82) is 0 Å². The number of nitrogens with zero attached hydrogens (tertiary/aromatic N) is 3. The fourth-order valence-corrected chi connectivity index (χ4v) is 2.99. The van der Waals surface area contributed by atoms with Crippen molar-refractivity contribution < 1.29 is 14.3 Å². The van der Waals surface area contributed by atoms with Crippen molar-refractivity contribution >= 4 is 17.2 Å².